The number of hydrogen-bond donors (Lipinski definition) is 0. The lowest BCUT2D eigenvalue weighted by molar-refractivity contribution is 0.0628. The third-order valence-corrected chi connectivity index (χ3v) is 6.13. The maximum Gasteiger partial charge on any atom is 0.265 e. The monoisotopic (exact) mass is 439 g/mol. The van der Waals surface area contributed by atoms with Gasteiger partial charge in [-0.3, -0.25) is 24.0 Å². The summed E-state index contributed by atoms with van der Waals surface area (Å²) >= 11 is 0. The van der Waals surface area contributed by atoms with Gasteiger partial charge < -0.3 is 4.90 Å². The van der Waals surface area contributed by atoms with Crippen molar-refractivity contribution >= 4 is 16.8 Å². The van der Waals surface area contributed by atoms with E-state index in [4.69, 9.17) is 0 Å². The zero-order chi connectivity index (χ0) is 22.8. The van der Waals surface area contributed by atoms with Gasteiger partial charge in [0, 0.05) is 50.7 Å². The van der Waals surface area contributed by atoms with Crippen molar-refractivity contribution in [3.8, 4) is 5.69 Å². The van der Waals surface area contributed by atoms with Crippen molar-refractivity contribution in [2.75, 3.05) is 26.2 Å². The second kappa shape index (κ2) is 8.96. The van der Waals surface area contributed by atoms with Gasteiger partial charge in [0.25, 0.3) is 11.5 Å². The zero-order valence-corrected chi connectivity index (χ0v) is 18.5. The molecule has 1 amide bonds. The normalized spacial score (nSPS) is 14.5. The van der Waals surface area contributed by atoms with Crippen molar-refractivity contribution < 1.29 is 4.79 Å². The zero-order valence-electron chi connectivity index (χ0n) is 18.5. The van der Waals surface area contributed by atoms with E-state index in [1.165, 1.54) is 5.56 Å². The molecule has 0 bridgehead atoms. The maximum atomic E-state index is 13.0. The highest BCUT2D eigenvalue weighted by atomic mass is 16.2. The molecule has 1 saturated heterocycles. The number of carbonyl (C=O) groups is 1. The highest BCUT2D eigenvalue weighted by Gasteiger charge is 2.22. The summed E-state index contributed by atoms with van der Waals surface area (Å²) in [6, 6.07) is 18.6. The number of aryl methyl sites for hydroxylation is 1. The molecule has 7 nitrogen and oxygen atoms in total. The number of carbonyl (C=O) groups excluding carboxylic acids is 1. The van der Waals surface area contributed by atoms with Crippen LogP contribution in [0.3, 0.4) is 0 Å². The van der Waals surface area contributed by atoms with Gasteiger partial charge in [0.2, 0.25) is 0 Å². The van der Waals surface area contributed by atoms with Gasteiger partial charge >= 0.3 is 0 Å². The first-order chi connectivity index (χ1) is 16.1. The molecule has 7 heteroatoms. The molecule has 166 valence electrons. The minimum Gasteiger partial charge on any atom is -0.336 e. The molecule has 2 aromatic heterocycles. The Kier molecular flexibility index (Phi) is 5.71. The van der Waals surface area contributed by atoms with E-state index in [0.717, 1.165) is 19.6 Å². The van der Waals surface area contributed by atoms with E-state index in [0.29, 0.717) is 41.1 Å². The number of piperazine rings is 1. The van der Waals surface area contributed by atoms with E-state index in [2.05, 4.69) is 14.9 Å². The van der Waals surface area contributed by atoms with Gasteiger partial charge in [0.15, 0.2) is 0 Å². The third kappa shape index (κ3) is 4.27. The molecule has 1 fully saturated rings. The number of benzene rings is 2. The Morgan fingerprint density at radius 2 is 1.61 bits per heavy atom. The van der Waals surface area contributed by atoms with Gasteiger partial charge in [-0.1, -0.05) is 12.1 Å². The molecule has 0 radical (unpaired) electrons. The van der Waals surface area contributed by atoms with Crippen molar-refractivity contribution in [2.45, 2.75) is 13.5 Å². The molecule has 0 aliphatic carbocycles. The Balaban J connectivity index is 1.29. The fourth-order valence-corrected chi connectivity index (χ4v) is 4.34. The van der Waals surface area contributed by atoms with Gasteiger partial charge in [-0.2, -0.15) is 0 Å². The second-order valence-electron chi connectivity index (χ2n) is 8.29. The molecule has 3 heterocycles. The first kappa shape index (κ1) is 21.0. The van der Waals surface area contributed by atoms with E-state index in [9.17, 15) is 9.59 Å². The van der Waals surface area contributed by atoms with E-state index in [1.54, 1.807) is 22.8 Å². The number of pyridine rings is 1. The Morgan fingerprint density at radius 3 is 2.33 bits per heavy atom. The van der Waals surface area contributed by atoms with Gasteiger partial charge in [0.05, 0.1) is 16.6 Å². The van der Waals surface area contributed by atoms with Crippen LogP contribution in [0, 0.1) is 6.92 Å². The van der Waals surface area contributed by atoms with Crippen LogP contribution in [0.1, 0.15) is 21.7 Å². The summed E-state index contributed by atoms with van der Waals surface area (Å²) < 4.78 is 1.59. The van der Waals surface area contributed by atoms with Gasteiger partial charge in [0.1, 0.15) is 5.82 Å². The summed E-state index contributed by atoms with van der Waals surface area (Å²) in [5, 5.41) is 0.577. The van der Waals surface area contributed by atoms with Crippen LogP contribution in [0.25, 0.3) is 16.6 Å². The molecule has 2 aromatic carbocycles. The first-order valence-corrected chi connectivity index (χ1v) is 11.1. The van der Waals surface area contributed by atoms with Crippen molar-refractivity contribution in [1.82, 2.24) is 24.3 Å². The van der Waals surface area contributed by atoms with Crippen molar-refractivity contribution in [3.63, 3.8) is 0 Å². The molecule has 0 N–H and O–H groups in total. The highest BCUT2D eigenvalue weighted by Crippen LogP contribution is 2.16. The van der Waals surface area contributed by atoms with Gasteiger partial charge in [-0.15, -0.1) is 0 Å². The Bertz CT molecular complexity index is 1340. The molecule has 5 rings (SSSR count). The summed E-state index contributed by atoms with van der Waals surface area (Å²) in [6.07, 6.45) is 3.62. The number of nitrogens with zero attached hydrogens (tertiary/aromatic N) is 5. The van der Waals surface area contributed by atoms with E-state index in [1.807, 2.05) is 66.7 Å². The largest absolute Gasteiger partial charge is 0.336 e. The maximum absolute atomic E-state index is 13.0. The smallest absolute Gasteiger partial charge is 0.265 e. The number of hydrogen-bond acceptors (Lipinski definition) is 5. The fraction of sp³-hybridized carbons (Fsp3) is 0.231. The Labute approximate surface area is 191 Å². The second-order valence-corrected chi connectivity index (χ2v) is 8.29. The lowest BCUT2D eigenvalue weighted by atomic mass is 10.1. The van der Waals surface area contributed by atoms with Crippen LogP contribution in [0.5, 0.6) is 0 Å². The average Bonchev–Trinajstić information content (AvgIpc) is 2.85. The predicted molar refractivity (Wildman–Crippen MR) is 127 cm³/mol. The quantitative estimate of drug-likeness (QED) is 0.489. The minimum atomic E-state index is -0.109. The first-order valence-electron chi connectivity index (χ1n) is 11.1. The van der Waals surface area contributed by atoms with Crippen LogP contribution in [0.4, 0.5) is 0 Å². The number of rotatable bonds is 4. The third-order valence-electron chi connectivity index (χ3n) is 6.13. The highest BCUT2D eigenvalue weighted by molar-refractivity contribution is 5.94. The number of amides is 1. The summed E-state index contributed by atoms with van der Waals surface area (Å²) in [4.78, 5) is 38.9. The molecule has 0 atom stereocenters. The SMILES string of the molecule is Cc1nc2ccccc2c(=O)n1-c1ccc(C(=O)N2CCN(Cc3ccncc3)CC2)cc1. The summed E-state index contributed by atoms with van der Waals surface area (Å²) in [6.45, 7) is 5.75. The molecule has 4 aromatic rings. The molecule has 0 spiro atoms. The molecule has 33 heavy (non-hydrogen) atoms. The van der Waals surface area contributed by atoms with E-state index < -0.39 is 0 Å². The molecule has 0 saturated carbocycles. The van der Waals surface area contributed by atoms with Crippen molar-refractivity contribution in [3.05, 3.63) is 100 Å². The summed E-state index contributed by atoms with van der Waals surface area (Å²) in [5.74, 6) is 0.633. The lowest BCUT2D eigenvalue weighted by Crippen LogP contribution is -2.48. The van der Waals surface area contributed by atoms with Gasteiger partial charge in [-0.25, -0.2) is 4.98 Å². The number of para-hydroxylation sites is 1. The molecule has 1 aliphatic rings. The van der Waals surface area contributed by atoms with Crippen LogP contribution in [0.15, 0.2) is 77.9 Å². The summed E-state index contributed by atoms with van der Waals surface area (Å²) in [5.41, 5.74) is 3.14. The topological polar surface area (TPSA) is 71.3 Å². The van der Waals surface area contributed by atoms with Crippen LogP contribution in [0.2, 0.25) is 0 Å². The fourth-order valence-electron chi connectivity index (χ4n) is 4.34. The molecule has 0 unspecified atom stereocenters. The molecule has 1 aliphatic heterocycles. The lowest BCUT2D eigenvalue weighted by Gasteiger charge is -2.34. The number of fused-ring (bicyclic) bond motifs is 1. The average molecular weight is 440 g/mol. The Morgan fingerprint density at radius 1 is 0.909 bits per heavy atom. The molecular weight excluding hydrogens is 414 g/mol. The summed E-state index contributed by atoms with van der Waals surface area (Å²) in [7, 11) is 0. The van der Waals surface area contributed by atoms with Crippen LogP contribution in [-0.2, 0) is 6.54 Å². The predicted octanol–water partition coefficient (Wildman–Crippen LogP) is 3.05. The Hall–Kier alpha value is -3.84. The van der Waals surface area contributed by atoms with Gasteiger partial charge in [-0.05, 0) is 61.0 Å². The van der Waals surface area contributed by atoms with Crippen molar-refractivity contribution in [2.24, 2.45) is 0 Å². The van der Waals surface area contributed by atoms with Crippen LogP contribution < -0.4 is 5.56 Å². The van der Waals surface area contributed by atoms with E-state index in [-0.39, 0.29) is 11.5 Å². The standard InChI is InChI=1S/C26H25N5O2/c1-19-28-24-5-3-2-4-23(24)26(33)31(19)22-8-6-21(7-9-22)25(32)30-16-14-29(15-17-30)18-20-10-12-27-13-11-20/h2-13H,14-18H2,1H3. The minimum absolute atomic E-state index is 0.0193. The molecular formula is C26H25N5O2. The number of aromatic nitrogens is 3. The van der Waals surface area contributed by atoms with E-state index >= 15 is 0 Å². The van der Waals surface area contributed by atoms with Crippen molar-refractivity contribution in [1.29, 1.82) is 0 Å². The van der Waals surface area contributed by atoms with Crippen LogP contribution >= 0.6 is 0 Å². The van der Waals surface area contributed by atoms with Crippen LogP contribution in [-0.4, -0.2) is 56.4 Å².